The highest BCUT2D eigenvalue weighted by Gasteiger charge is 2.11. The van der Waals surface area contributed by atoms with E-state index >= 15 is 0 Å². The maximum Gasteiger partial charge on any atom is 0.120 e. The van der Waals surface area contributed by atoms with Crippen molar-refractivity contribution in [2.24, 2.45) is 0 Å². The van der Waals surface area contributed by atoms with E-state index in [9.17, 15) is 9.32 Å². The molecule has 0 saturated heterocycles. The van der Waals surface area contributed by atoms with Crippen molar-refractivity contribution in [1.82, 2.24) is 5.32 Å². The summed E-state index contributed by atoms with van der Waals surface area (Å²) in [4.78, 5) is 0. The number of hydrogen-bond donors (Lipinski definition) is 2. The molecule has 0 saturated carbocycles. The number of phenols is 1. The van der Waals surface area contributed by atoms with Crippen LogP contribution >= 0.6 is 0 Å². The van der Waals surface area contributed by atoms with Gasteiger partial charge in [-0.25, -0.2) is 0 Å². The van der Waals surface area contributed by atoms with Gasteiger partial charge < -0.3 is 15.2 Å². The Morgan fingerprint density at radius 2 is 2.22 bits per heavy atom. The predicted molar refractivity (Wildman–Crippen MR) is 74.6 cm³/mol. The van der Waals surface area contributed by atoms with Crippen molar-refractivity contribution >= 4 is 10.8 Å². The van der Waals surface area contributed by atoms with E-state index < -0.39 is 10.8 Å². The van der Waals surface area contributed by atoms with Crippen molar-refractivity contribution < 1.29 is 14.1 Å². The Bertz CT molecular complexity index is 409. The van der Waals surface area contributed by atoms with Gasteiger partial charge in [0.05, 0.1) is 7.11 Å². The van der Waals surface area contributed by atoms with E-state index in [2.05, 4.69) is 5.32 Å². The molecule has 2 N–H and O–H groups in total. The summed E-state index contributed by atoms with van der Waals surface area (Å²) in [5.41, 5.74) is 0.789. The fourth-order valence-corrected chi connectivity index (χ4v) is 2.28. The molecule has 0 bridgehead atoms. The Morgan fingerprint density at radius 3 is 2.83 bits per heavy atom. The van der Waals surface area contributed by atoms with Gasteiger partial charge in [-0.05, 0) is 25.1 Å². The fourth-order valence-electron chi connectivity index (χ4n) is 1.65. The molecule has 1 aromatic carbocycles. The maximum absolute atomic E-state index is 11.3. The topological polar surface area (TPSA) is 58.6 Å². The van der Waals surface area contributed by atoms with Crippen LogP contribution in [0.3, 0.4) is 0 Å². The molecule has 0 spiro atoms. The van der Waals surface area contributed by atoms with Gasteiger partial charge in [-0.1, -0.05) is 6.92 Å². The number of benzene rings is 1. The zero-order valence-corrected chi connectivity index (χ0v) is 11.9. The van der Waals surface area contributed by atoms with Crippen LogP contribution in [0.25, 0.3) is 0 Å². The number of phenolic OH excluding ortho intramolecular Hbond substituents is 1. The highest BCUT2D eigenvalue weighted by Crippen LogP contribution is 2.27. The molecular formula is C13H21NO3S. The van der Waals surface area contributed by atoms with E-state index in [4.69, 9.17) is 4.74 Å². The standard InChI is InChI=1S/C13H21NO3S/c1-4-18(16)8-7-14-10(2)12-9-11(17-3)5-6-13(12)15/h5-6,9-10,14-15H,4,7-8H2,1-3H3. The Balaban J connectivity index is 2.60. The predicted octanol–water partition coefficient (Wildman–Crippen LogP) is 1.82. The Morgan fingerprint density at radius 1 is 1.50 bits per heavy atom. The number of hydrogen-bond acceptors (Lipinski definition) is 4. The van der Waals surface area contributed by atoms with Gasteiger partial charge in [0.15, 0.2) is 0 Å². The molecule has 1 rings (SSSR count). The SMILES string of the molecule is CCS(=O)CCNC(C)c1cc(OC)ccc1O. The molecule has 5 heteroatoms. The second kappa shape index (κ2) is 7.38. The van der Waals surface area contributed by atoms with E-state index in [0.29, 0.717) is 23.8 Å². The van der Waals surface area contributed by atoms with Gasteiger partial charge in [0.1, 0.15) is 11.5 Å². The second-order valence-corrected chi connectivity index (χ2v) is 5.90. The minimum atomic E-state index is -0.761. The third kappa shape index (κ3) is 4.31. The number of ether oxygens (including phenoxy) is 1. The van der Waals surface area contributed by atoms with E-state index in [1.165, 1.54) is 0 Å². The molecule has 18 heavy (non-hydrogen) atoms. The Labute approximate surface area is 111 Å². The van der Waals surface area contributed by atoms with Gasteiger partial charge >= 0.3 is 0 Å². The quantitative estimate of drug-likeness (QED) is 0.794. The average Bonchev–Trinajstić information content (AvgIpc) is 2.38. The molecule has 102 valence electrons. The zero-order chi connectivity index (χ0) is 13.5. The van der Waals surface area contributed by atoms with Crippen LogP contribution in [-0.4, -0.2) is 34.5 Å². The lowest BCUT2D eigenvalue weighted by molar-refractivity contribution is 0.408. The monoisotopic (exact) mass is 271 g/mol. The van der Waals surface area contributed by atoms with Gasteiger partial charge in [-0.15, -0.1) is 0 Å². The van der Waals surface area contributed by atoms with E-state index in [1.54, 1.807) is 19.2 Å². The van der Waals surface area contributed by atoms with Crippen LogP contribution in [0.15, 0.2) is 18.2 Å². The molecule has 2 unspecified atom stereocenters. The van der Waals surface area contributed by atoms with Crippen molar-refractivity contribution in [3.05, 3.63) is 23.8 Å². The van der Waals surface area contributed by atoms with Gasteiger partial charge in [0.25, 0.3) is 0 Å². The number of nitrogens with one attached hydrogen (secondary N) is 1. The summed E-state index contributed by atoms with van der Waals surface area (Å²) in [6.45, 7) is 4.54. The average molecular weight is 271 g/mol. The number of methoxy groups -OCH3 is 1. The summed E-state index contributed by atoms with van der Waals surface area (Å²) in [5.74, 6) is 2.27. The molecule has 0 amide bonds. The Hall–Kier alpha value is -1.07. The van der Waals surface area contributed by atoms with Crippen LogP contribution in [0.1, 0.15) is 25.5 Å². The van der Waals surface area contributed by atoms with E-state index in [0.717, 1.165) is 5.56 Å². The van der Waals surface area contributed by atoms with E-state index in [-0.39, 0.29) is 11.8 Å². The molecule has 1 aromatic rings. The third-order valence-electron chi connectivity index (χ3n) is 2.80. The van der Waals surface area contributed by atoms with Crippen molar-refractivity contribution in [2.75, 3.05) is 25.2 Å². The highest BCUT2D eigenvalue weighted by molar-refractivity contribution is 7.84. The highest BCUT2D eigenvalue weighted by atomic mass is 32.2. The van der Waals surface area contributed by atoms with Gasteiger partial charge in [0.2, 0.25) is 0 Å². The summed E-state index contributed by atoms with van der Waals surface area (Å²) in [7, 11) is 0.835. The molecular weight excluding hydrogens is 250 g/mol. The molecule has 0 heterocycles. The van der Waals surface area contributed by atoms with Gasteiger partial charge in [-0.2, -0.15) is 0 Å². The number of aromatic hydroxyl groups is 1. The van der Waals surface area contributed by atoms with Crippen LogP contribution in [0, 0.1) is 0 Å². The summed E-state index contributed by atoms with van der Waals surface area (Å²) in [6.07, 6.45) is 0. The summed E-state index contributed by atoms with van der Waals surface area (Å²) in [6, 6.07) is 5.15. The largest absolute Gasteiger partial charge is 0.508 e. The molecule has 0 aliphatic heterocycles. The first-order valence-electron chi connectivity index (χ1n) is 6.03. The summed E-state index contributed by atoms with van der Waals surface area (Å²) in [5, 5.41) is 13.0. The fraction of sp³-hybridized carbons (Fsp3) is 0.538. The van der Waals surface area contributed by atoms with Gasteiger partial charge in [-0.3, -0.25) is 4.21 Å². The van der Waals surface area contributed by atoms with Crippen LogP contribution in [0.4, 0.5) is 0 Å². The van der Waals surface area contributed by atoms with Crippen molar-refractivity contribution in [1.29, 1.82) is 0 Å². The second-order valence-electron chi connectivity index (χ2n) is 4.03. The molecule has 4 nitrogen and oxygen atoms in total. The maximum atomic E-state index is 11.3. The number of rotatable bonds is 7. The summed E-state index contributed by atoms with van der Waals surface area (Å²) < 4.78 is 16.4. The molecule has 0 fully saturated rings. The third-order valence-corrected chi connectivity index (χ3v) is 4.11. The molecule has 0 aliphatic carbocycles. The molecule has 0 radical (unpaired) electrons. The minimum Gasteiger partial charge on any atom is -0.508 e. The first kappa shape index (κ1) is 15.0. The Kier molecular flexibility index (Phi) is 6.15. The van der Waals surface area contributed by atoms with Crippen LogP contribution in [0.5, 0.6) is 11.5 Å². The lowest BCUT2D eigenvalue weighted by Crippen LogP contribution is -2.24. The normalized spacial score (nSPS) is 14.2. The lowest BCUT2D eigenvalue weighted by Gasteiger charge is -2.16. The smallest absolute Gasteiger partial charge is 0.120 e. The van der Waals surface area contributed by atoms with Crippen molar-refractivity contribution in [2.45, 2.75) is 19.9 Å². The van der Waals surface area contributed by atoms with Crippen molar-refractivity contribution in [3.8, 4) is 11.5 Å². The van der Waals surface area contributed by atoms with Gasteiger partial charge in [0, 0.05) is 40.5 Å². The van der Waals surface area contributed by atoms with Crippen LogP contribution < -0.4 is 10.1 Å². The minimum absolute atomic E-state index is 0.00560. The molecule has 0 aromatic heterocycles. The first-order chi connectivity index (χ1) is 8.58. The van der Waals surface area contributed by atoms with Crippen LogP contribution in [-0.2, 0) is 10.8 Å². The van der Waals surface area contributed by atoms with Crippen LogP contribution in [0.2, 0.25) is 0 Å². The zero-order valence-electron chi connectivity index (χ0n) is 11.1. The first-order valence-corrected chi connectivity index (χ1v) is 7.52. The van der Waals surface area contributed by atoms with E-state index in [1.807, 2.05) is 19.9 Å². The molecule has 2 atom stereocenters. The molecule has 0 aliphatic rings. The summed E-state index contributed by atoms with van der Waals surface area (Å²) >= 11 is 0. The van der Waals surface area contributed by atoms with Crippen molar-refractivity contribution in [3.63, 3.8) is 0 Å². The lowest BCUT2D eigenvalue weighted by atomic mass is 10.1.